The number of hydrogen-bond donors (Lipinski definition) is 2. The first-order chi connectivity index (χ1) is 13.6. The van der Waals surface area contributed by atoms with Gasteiger partial charge in [-0.3, -0.25) is 9.69 Å². The van der Waals surface area contributed by atoms with Crippen molar-refractivity contribution in [3.63, 3.8) is 0 Å². The first kappa shape index (κ1) is 22.1. The molecule has 1 fully saturated rings. The summed E-state index contributed by atoms with van der Waals surface area (Å²) in [4.78, 5) is 15.7. The normalized spacial score (nSPS) is 19.6. The Morgan fingerprint density at radius 3 is 2.45 bits per heavy atom. The third-order valence-electron chi connectivity index (χ3n) is 6.28. The molecule has 1 saturated carbocycles. The van der Waals surface area contributed by atoms with Crippen LogP contribution >= 0.6 is 24.0 Å². The van der Waals surface area contributed by atoms with Crippen molar-refractivity contribution in [1.82, 2.24) is 5.32 Å². The van der Waals surface area contributed by atoms with Crippen molar-refractivity contribution in [2.45, 2.75) is 49.7 Å². The molecule has 4 nitrogen and oxygen atoms in total. The van der Waals surface area contributed by atoms with Crippen LogP contribution in [0.25, 0.3) is 0 Å². The van der Waals surface area contributed by atoms with Crippen LogP contribution in [0.3, 0.4) is 0 Å². The molecule has 0 radical (unpaired) electrons. The molecule has 2 aromatic rings. The summed E-state index contributed by atoms with van der Waals surface area (Å²) in [5.41, 5.74) is 2.21. The molecule has 156 valence electrons. The highest BCUT2D eigenvalue weighted by atomic mass is 35.5. The molecule has 0 bridgehead atoms. The molecule has 1 aliphatic heterocycles. The summed E-state index contributed by atoms with van der Waals surface area (Å²) in [6.07, 6.45) is 4.19. The monoisotopic (exact) mass is 434 g/mol. The van der Waals surface area contributed by atoms with Crippen molar-refractivity contribution < 1.29 is 9.90 Å². The van der Waals surface area contributed by atoms with E-state index in [1.807, 2.05) is 42.5 Å². The first-order valence-electron chi connectivity index (χ1n) is 10.1. The second-order valence-corrected chi connectivity index (χ2v) is 8.34. The molecule has 2 aromatic carbocycles. The van der Waals surface area contributed by atoms with Gasteiger partial charge in [-0.2, -0.15) is 0 Å². The van der Waals surface area contributed by atoms with E-state index < -0.39 is 17.6 Å². The van der Waals surface area contributed by atoms with Crippen LogP contribution in [-0.4, -0.2) is 30.7 Å². The minimum Gasteiger partial charge on any atom is -0.389 e. The minimum atomic E-state index is -0.751. The Bertz CT molecular complexity index is 853. The van der Waals surface area contributed by atoms with Crippen molar-refractivity contribution in [2.75, 3.05) is 18.5 Å². The number of carbonyl (C=O) groups is 1. The molecule has 0 unspecified atom stereocenters. The lowest BCUT2D eigenvalue weighted by molar-refractivity contribution is -0.125. The van der Waals surface area contributed by atoms with E-state index in [1.165, 1.54) is 0 Å². The number of aliphatic hydroxyl groups is 1. The number of likely N-dealkylation sites (N-methyl/N-ethyl adjacent to an activating group) is 1. The Morgan fingerprint density at radius 1 is 1.10 bits per heavy atom. The second-order valence-electron chi connectivity index (χ2n) is 7.93. The van der Waals surface area contributed by atoms with Gasteiger partial charge in [0.25, 0.3) is 0 Å². The smallest absolute Gasteiger partial charge is 0.238 e. The third kappa shape index (κ3) is 3.68. The van der Waals surface area contributed by atoms with Gasteiger partial charge in [0, 0.05) is 6.54 Å². The number of hydrogen-bond acceptors (Lipinski definition) is 3. The van der Waals surface area contributed by atoms with Crippen LogP contribution in [-0.2, 0) is 10.2 Å². The fourth-order valence-corrected chi connectivity index (χ4v) is 5.28. The number of carbonyl (C=O) groups excluding carboxylic acids is 1. The van der Waals surface area contributed by atoms with Gasteiger partial charge in [-0.25, -0.2) is 0 Å². The average molecular weight is 435 g/mol. The Hall–Kier alpha value is -1.59. The molecule has 1 spiro atoms. The molecule has 1 heterocycles. The molecule has 29 heavy (non-hydrogen) atoms. The van der Waals surface area contributed by atoms with Gasteiger partial charge in [0.2, 0.25) is 5.91 Å². The van der Waals surface area contributed by atoms with Gasteiger partial charge >= 0.3 is 0 Å². The van der Waals surface area contributed by atoms with Gasteiger partial charge in [0.15, 0.2) is 0 Å². The SMILES string of the molecule is CNC[C@@H](O)[C@H](c1ccccc1)N1C(=O)C2(CCCCC2)c2cccc(Cl)c21.Cl. The molecule has 0 aromatic heterocycles. The summed E-state index contributed by atoms with van der Waals surface area (Å²) in [5, 5.41) is 14.7. The van der Waals surface area contributed by atoms with E-state index in [4.69, 9.17) is 11.6 Å². The Balaban J connectivity index is 0.00000240. The zero-order chi connectivity index (χ0) is 19.7. The highest BCUT2D eigenvalue weighted by molar-refractivity contribution is 6.35. The van der Waals surface area contributed by atoms with Gasteiger partial charge in [-0.15, -0.1) is 12.4 Å². The number of nitrogens with one attached hydrogen (secondary N) is 1. The maximum atomic E-state index is 14.0. The lowest BCUT2D eigenvalue weighted by atomic mass is 9.70. The molecule has 0 saturated heterocycles. The summed E-state index contributed by atoms with van der Waals surface area (Å²) in [5.74, 6) is 0.0827. The van der Waals surface area contributed by atoms with E-state index in [2.05, 4.69) is 11.4 Å². The summed E-state index contributed by atoms with van der Waals surface area (Å²) in [7, 11) is 1.81. The third-order valence-corrected chi connectivity index (χ3v) is 6.58. The number of nitrogens with zero attached hydrogens (tertiary/aromatic N) is 1. The van der Waals surface area contributed by atoms with E-state index in [1.54, 1.807) is 11.9 Å². The van der Waals surface area contributed by atoms with Gasteiger partial charge < -0.3 is 10.4 Å². The number of amides is 1. The number of benzene rings is 2. The highest BCUT2D eigenvalue weighted by Gasteiger charge is 2.54. The number of anilines is 1. The van der Waals surface area contributed by atoms with Crippen molar-refractivity contribution in [1.29, 1.82) is 0 Å². The Labute approximate surface area is 183 Å². The first-order valence-corrected chi connectivity index (χ1v) is 10.5. The van der Waals surface area contributed by atoms with Crippen molar-refractivity contribution in [3.8, 4) is 0 Å². The van der Waals surface area contributed by atoms with Crippen molar-refractivity contribution in [3.05, 3.63) is 64.7 Å². The molecular weight excluding hydrogens is 407 g/mol. The fraction of sp³-hybridized carbons (Fsp3) is 0.435. The maximum absolute atomic E-state index is 14.0. The molecule has 6 heteroatoms. The predicted octanol–water partition coefficient (Wildman–Crippen LogP) is 4.63. The number of para-hydroxylation sites is 1. The Morgan fingerprint density at radius 2 is 1.79 bits per heavy atom. The fourth-order valence-electron chi connectivity index (χ4n) is 5.01. The van der Waals surface area contributed by atoms with E-state index in [9.17, 15) is 9.90 Å². The topological polar surface area (TPSA) is 52.6 Å². The summed E-state index contributed by atoms with van der Waals surface area (Å²) in [6.45, 7) is 0.385. The van der Waals surface area contributed by atoms with Crippen LogP contribution in [0.4, 0.5) is 5.69 Å². The quantitative estimate of drug-likeness (QED) is 0.720. The molecule has 4 rings (SSSR count). The summed E-state index contributed by atoms with van der Waals surface area (Å²) < 4.78 is 0. The van der Waals surface area contributed by atoms with Crippen LogP contribution in [0, 0.1) is 0 Å². The number of rotatable bonds is 5. The molecule has 2 N–H and O–H groups in total. The van der Waals surface area contributed by atoms with Crippen LogP contribution in [0.2, 0.25) is 5.02 Å². The minimum absolute atomic E-state index is 0. The van der Waals surface area contributed by atoms with Gasteiger partial charge in [-0.05, 0) is 37.1 Å². The van der Waals surface area contributed by atoms with Crippen LogP contribution < -0.4 is 10.2 Å². The van der Waals surface area contributed by atoms with E-state index in [-0.39, 0.29) is 18.3 Å². The molecule has 1 aliphatic carbocycles. The summed E-state index contributed by atoms with van der Waals surface area (Å²) >= 11 is 6.65. The predicted molar refractivity (Wildman–Crippen MR) is 120 cm³/mol. The van der Waals surface area contributed by atoms with Crippen LogP contribution in [0.1, 0.15) is 49.3 Å². The zero-order valence-corrected chi connectivity index (χ0v) is 18.2. The number of halogens is 2. The van der Waals surface area contributed by atoms with E-state index in [0.717, 1.165) is 48.9 Å². The lowest BCUT2D eigenvalue weighted by Gasteiger charge is -2.36. The van der Waals surface area contributed by atoms with Crippen molar-refractivity contribution >= 4 is 35.6 Å². The van der Waals surface area contributed by atoms with E-state index in [0.29, 0.717) is 11.6 Å². The second kappa shape index (κ2) is 9.05. The summed E-state index contributed by atoms with van der Waals surface area (Å²) in [6, 6.07) is 15.1. The van der Waals surface area contributed by atoms with Crippen LogP contribution in [0.15, 0.2) is 48.5 Å². The van der Waals surface area contributed by atoms with Gasteiger partial charge in [0.05, 0.1) is 28.3 Å². The Kier molecular flexibility index (Phi) is 6.90. The van der Waals surface area contributed by atoms with E-state index >= 15 is 0 Å². The maximum Gasteiger partial charge on any atom is 0.238 e. The molecule has 1 amide bonds. The van der Waals surface area contributed by atoms with Gasteiger partial charge in [0.1, 0.15) is 0 Å². The van der Waals surface area contributed by atoms with Gasteiger partial charge in [-0.1, -0.05) is 73.3 Å². The highest BCUT2D eigenvalue weighted by Crippen LogP contribution is 2.54. The average Bonchev–Trinajstić information content (AvgIpc) is 2.94. The lowest BCUT2D eigenvalue weighted by Crippen LogP contribution is -2.47. The number of fused-ring (bicyclic) bond motifs is 2. The standard InChI is InChI=1S/C23H27ClN2O2.ClH/c1-25-15-19(27)20(16-9-4-2-5-10-16)26-21-17(11-8-12-18(21)24)23(22(26)28)13-6-3-7-14-23;/h2,4-5,8-12,19-20,25,27H,3,6-7,13-15H2,1H3;1H/t19-,20+;/m1./s1. The molecular formula is C23H28Cl2N2O2. The molecule has 2 atom stereocenters. The zero-order valence-electron chi connectivity index (χ0n) is 16.6. The largest absolute Gasteiger partial charge is 0.389 e. The molecule has 2 aliphatic rings. The number of aliphatic hydroxyl groups excluding tert-OH is 1. The van der Waals surface area contributed by atoms with Crippen molar-refractivity contribution in [2.24, 2.45) is 0 Å². The van der Waals surface area contributed by atoms with Crippen LogP contribution in [0.5, 0.6) is 0 Å².